The molecule has 0 bridgehead atoms. The third-order valence-corrected chi connectivity index (χ3v) is 4.41. The zero-order chi connectivity index (χ0) is 19.5. The minimum absolute atomic E-state index is 0.0773. The molecular formula is C22H17N3O3. The molecule has 0 radical (unpaired) electrons. The minimum atomic E-state index is -1.14. The summed E-state index contributed by atoms with van der Waals surface area (Å²) in [4.78, 5) is 29.9. The Balaban J connectivity index is 1.75. The number of aromatic hydroxyl groups is 1. The van der Waals surface area contributed by atoms with Crippen LogP contribution in [0.25, 0.3) is 0 Å². The number of aliphatic imine (C=N–C) groups is 1. The number of carbonyl (C=O) groups is 2. The van der Waals surface area contributed by atoms with E-state index in [4.69, 9.17) is 0 Å². The lowest BCUT2D eigenvalue weighted by atomic mass is 10.0. The van der Waals surface area contributed by atoms with Gasteiger partial charge in [-0.15, -0.1) is 0 Å². The van der Waals surface area contributed by atoms with Gasteiger partial charge in [0.05, 0.1) is 17.0 Å². The molecular weight excluding hydrogens is 354 g/mol. The third-order valence-electron chi connectivity index (χ3n) is 4.41. The van der Waals surface area contributed by atoms with Crippen LogP contribution in [-0.2, 0) is 4.79 Å². The standard InChI is InChI=1S/C22H17N3O3/c26-18-13-7-5-11-16(18)21(27)25-20-22(28)23-17-12-6-4-10-15(17)19(24-20)14-8-2-1-3-9-14/h1-13,20,26H,(H,23,28)(H,25,27). The molecule has 1 aliphatic rings. The van der Waals surface area contributed by atoms with E-state index in [2.05, 4.69) is 15.6 Å². The monoisotopic (exact) mass is 371 g/mol. The van der Waals surface area contributed by atoms with Gasteiger partial charge >= 0.3 is 0 Å². The van der Waals surface area contributed by atoms with Gasteiger partial charge in [0.2, 0.25) is 6.17 Å². The molecule has 1 unspecified atom stereocenters. The van der Waals surface area contributed by atoms with Crippen LogP contribution in [0.2, 0.25) is 0 Å². The third kappa shape index (κ3) is 3.35. The Bertz CT molecular complexity index is 1080. The lowest BCUT2D eigenvalue weighted by Crippen LogP contribution is -2.42. The fraction of sp³-hybridized carbons (Fsp3) is 0.0455. The predicted molar refractivity (Wildman–Crippen MR) is 107 cm³/mol. The van der Waals surface area contributed by atoms with E-state index in [9.17, 15) is 14.7 Å². The molecule has 4 rings (SSSR count). The molecule has 6 nitrogen and oxygen atoms in total. The number of para-hydroxylation sites is 2. The van der Waals surface area contributed by atoms with Gasteiger partial charge in [-0.25, -0.2) is 4.99 Å². The maximum absolute atomic E-state index is 12.7. The summed E-state index contributed by atoms with van der Waals surface area (Å²) in [6.45, 7) is 0. The highest BCUT2D eigenvalue weighted by Crippen LogP contribution is 2.24. The predicted octanol–water partition coefficient (Wildman–Crippen LogP) is 2.94. The first-order chi connectivity index (χ1) is 13.6. The van der Waals surface area contributed by atoms with Gasteiger partial charge in [-0.2, -0.15) is 0 Å². The van der Waals surface area contributed by atoms with Crippen molar-refractivity contribution in [2.24, 2.45) is 4.99 Å². The number of nitrogens with zero attached hydrogens (tertiary/aromatic N) is 1. The number of anilines is 1. The van der Waals surface area contributed by atoms with Crippen LogP contribution in [0.15, 0.2) is 83.9 Å². The number of phenols is 1. The van der Waals surface area contributed by atoms with E-state index < -0.39 is 18.0 Å². The normalized spacial score (nSPS) is 15.6. The molecule has 1 heterocycles. The highest BCUT2D eigenvalue weighted by molar-refractivity contribution is 6.20. The molecule has 2 amide bonds. The van der Waals surface area contributed by atoms with Crippen LogP contribution >= 0.6 is 0 Å². The molecule has 0 fully saturated rings. The zero-order valence-electron chi connectivity index (χ0n) is 14.8. The summed E-state index contributed by atoms with van der Waals surface area (Å²) < 4.78 is 0. The summed E-state index contributed by atoms with van der Waals surface area (Å²) in [5.41, 5.74) is 2.88. The van der Waals surface area contributed by atoms with Gasteiger partial charge in [0.15, 0.2) is 0 Å². The second-order valence-electron chi connectivity index (χ2n) is 6.27. The number of nitrogens with one attached hydrogen (secondary N) is 2. The number of amides is 2. The summed E-state index contributed by atoms with van der Waals surface area (Å²) in [6.07, 6.45) is -1.14. The minimum Gasteiger partial charge on any atom is -0.507 e. The Hall–Kier alpha value is -3.93. The molecule has 0 saturated carbocycles. The number of benzodiazepines with no additional fused rings is 1. The van der Waals surface area contributed by atoms with E-state index in [0.29, 0.717) is 11.4 Å². The smallest absolute Gasteiger partial charge is 0.269 e. The average Bonchev–Trinajstić information content (AvgIpc) is 2.85. The van der Waals surface area contributed by atoms with Crippen LogP contribution in [0.1, 0.15) is 21.5 Å². The van der Waals surface area contributed by atoms with Crippen molar-refractivity contribution in [1.82, 2.24) is 5.32 Å². The van der Waals surface area contributed by atoms with Crippen LogP contribution in [0.5, 0.6) is 5.75 Å². The first-order valence-corrected chi connectivity index (χ1v) is 8.76. The molecule has 138 valence electrons. The van der Waals surface area contributed by atoms with Crippen molar-refractivity contribution in [3.05, 3.63) is 95.6 Å². The molecule has 3 N–H and O–H groups in total. The van der Waals surface area contributed by atoms with Crippen molar-refractivity contribution in [2.45, 2.75) is 6.17 Å². The lowest BCUT2D eigenvalue weighted by molar-refractivity contribution is -0.117. The van der Waals surface area contributed by atoms with Crippen molar-refractivity contribution in [3.8, 4) is 5.75 Å². The molecule has 1 aliphatic heterocycles. The number of phenolic OH excluding ortho intramolecular Hbond substituents is 1. The molecule has 1 atom stereocenters. The topological polar surface area (TPSA) is 90.8 Å². The van der Waals surface area contributed by atoms with E-state index in [0.717, 1.165) is 11.1 Å². The number of fused-ring (bicyclic) bond motifs is 1. The number of hydrogen-bond donors (Lipinski definition) is 3. The Morgan fingerprint density at radius 3 is 2.39 bits per heavy atom. The van der Waals surface area contributed by atoms with Crippen molar-refractivity contribution in [3.63, 3.8) is 0 Å². The van der Waals surface area contributed by atoms with Gasteiger partial charge < -0.3 is 15.7 Å². The van der Waals surface area contributed by atoms with Gasteiger partial charge in [-0.1, -0.05) is 60.7 Å². The van der Waals surface area contributed by atoms with Crippen LogP contribution in [0.4, 0.5) is 5.69 Å². The van der Waals surface area contributed by atoms with E-state index in [-0.39, 0.29) is 11.3 Å². The van der Waals surface area contributed by atoms with Crippen molar-refractivity contribution >= 4 is 23.2 Å². The van der Waals surface area contributed by atoms with Crippen molar-refractivity contribution in [2.75, 3.05) is 5.32 Å². The first kappa shape index (κ1) is 17.5. The Morgan fingerprint density at radius 1 is 0.929 bits per heavy atom. The van der Waals surface area contributed by atoms with Gasteiger partial charge in [0.1, 0.15) is 5.75 Å². The molecule has 3 aromatic carbocycles. The van der Waals surface area contributed by atoms with Gasteiger partial charge in [0, 0.05) is 11.1 Å². The van der Waals surface area contributed by atoms with Crippen LogP contribution in [0, 0.1) is 0 Å². The molecule has 0 aromatic heterocycles. The summed E-state index contributed by atoms with van der Waals surface area (Å²) >= 11 is 0. The first-order valence-electron chi connectivity index (χ1n) is 8.76. The summed E-state index contributed by atoms with van der Waals surface area (Å²) in [5.74, 6) is -1.20. The number of rotatable bonds is 3. The highest BCUT2D eigenvalue weighted by Gasteiger charge is 2.27. The number of hydrogen-bond acceptors (Lipinski definition) is 4. The highest BCUT2D eigenvalue weighted by atomic mass is 16.3. The molecule has 6 heteroatoms. The maximum atomic E-state index is 12.7. The SMILES string of the molecule is O=C(NC1N=C(c2ccccc2)c2ccccc2NC1=O)c1ccccc1O. The van der Waals surface area contributed by atoms with Crippen LogP contribution < -0.4 is 10.6 Å². The Labute approximate surface area is 161 Å². The molecule has 0 spiro atoms. The molecule has 3 aromatic rings. The Morgan fingerprint density at radius 2 is 1.61 bits per heavy atom. The molecule has 28 heavy (non-hydrogen) atoms. The zero-order valence-corrected chi connectivity index (χ0v) is 14.8. The van der Waals surface area contributed by atoms with Crippen molar-refractivity contribution < 1.29 is 14.7 Å². The van der Waals surface area contributed by atoms with Crippen LogP contribution in [-0.4, -0.2) is 28.8 Å². The van der Waals surface area contributed by atoms with Gasteiger partial charge in [-0.05, 0) is 18.2 Å². The van der Waals surface area contributed by atoms with E-state index in [1.165, 1.54) is 12.1 Å². The quantitative estimate of drug-likeness (QED) is 0.661. The van der Waals surface area contributed by atoms with Crippen molar-refractivity contribution in [1.29, 1.82) is 0 Å². The fourth-order valence-electron chi connectivity index (χ4n) is 3.05. The number of benzene rings is 3. The summed E-state index contributed by atoms with van der Waals surface area (Å²) in [6, 6.07) is 23.0. The second-order valence-corrected chi connectivity index (χ2v) is 6.27. The van der Waals surface area contributed by atoms with Gasteiger partial charge in [-0.3, -0.25) is 9.59 Å². The van der Waals surface area contributed by atoms with E-state index >= 15 is 0 Å². The number of carbonyl (C=O) groups excluding carboxylic acids is 2. The summed E-state index contributed by atoms with van der Waals surface area (Å²) in [5, 5.41) is 15.3. The van der Waals surface area contributed by atoms with Gasteiger partial charge in [0.25, 0.3) is 11.8 Å². The molecule has 0 aliphatic carbocycles. The summed E-state index contributed by atoms with van der Waals surface area (Å²) in [7, 11) is 0. The fourth-order valence-corrected chi connectivity index (χ4v) is 3.05. The maximum Gasteiger partial charge on any atom is 0.269 e. The van der Waals surface area contributed by atoms with E-state index in [1.54, 1.807) is 18.2 Å². The average molecular weight is 371 g/mol. The Kier molecular flexibility index (Phi) is 4.60. The largest absolute Gasteiger partial charge is 0.507 e. The second kappa shape index (κ2) is 7.36. The van der Waals surface area contributed by atoms with E-state index in [1.807, 2.05) is 48.5 Å². The lowest BCUT2D eigenvalue weighted by Gasteiger charge is -2.14. The molecule has 0 saturated heterocycles. The van der Waals surface area contributed by atoms with Crippen LogP contribution in [0.3, 0.4) is 0 Å².